The van der Waals surface area contributed by atoms with Gasteiger partial charge < -0.3 is 4.57 Å². The lowest BCUT2D eigenvalue weighted by molar-refractivity contribution is 0.109. The van der Waals surface area contributed by atoms with Gasteiger partial charge in [-0.15, -0.1) is 0 Å². The third-order valence-corrected chi connectivity index (χ3v) is 4.76. The third kappa shape index (κ3) is 2.03. The van der Waals surface area contributed by atoms with E-state index in [0.717, 1.165) is 36.6 Å². The molecule has 1 aliphatic rings. The summed E-state index contributed by atoms with van der Waals surface area (Å²) in [6, 6.07) is 1.87. The lowest BCUT2D eigenvalue weighted by atomic mass is 9.79. The number of carbonyl (C=O) groups is 1. The van der Waals surface area contributed by atoms with Crippen LogP contribution in [-0.2, 0) is 5.54 Å². The number of halogens is 1. The minimum atomic E-state index is -0.00603. The maximum Gasteiger partial charge on any atom is 0.224 e. The van der Waals surface area contributed by atoms with E-state index < -0.39 is 0 Å². The molecular formula is C15H18ClN3O. The van der Waals surface area contributed by atoms with E-state index in [1.807, 2.05) is 6.07 Å². The molecule has 0 spiro atoms. The molecular weight excluding hydrogens is 274 g/mol. The molecule has 1 saturated carbocycles. The van der Waals surface area contributed by atoms with Gasteiger partial charge in [0, 0.05) is 17.1 Å². The Morgan fingerprint density at radius 3 is 2.80 bits per heavy atom. The molecule has 0 aliphatic heterocycles. The largest absolute Gasteiger partial charge is 0.317 e. The van der Waals surface area contributed by atoms with Gasteiger partial charge in [-0.05, 0) is 36.9 Å². The molecule has 5 heteroatoms. The predicted octanol–water partition coefficient (Wildman–Crippen LogP) is 3.97. The molecule has 0 amide bonds. The van der Waals surface area contributed by atoms with Crippen LogP contribution in [0.3, 0.4) is 0 Å². The summed E-state index contributed by atoms with van der Waals surface area (Å²) in [5.41, 5.74) is 1.46. The van der Waals surface area contributed by atoms with Crippen LogP contribution < -0.4 is 0 Å². The first-order valence-electron chi connectivity index (χ1n) is 7.20. The fraction of sp³-hybridized carbons (Fsp3) is 0.533. The number of aldehydes is 1. The van der Waals surface area contributed by atoms with Gasteiger partial charge in [-0.3, -0.25) is 4.79 Å². The summed E-state index contributed by atoms with van der Waals surface area (Å²) >= 11 is 5.95. The number of hydrogen-bond acceptors (Lipinski definition) is 3. The Hall–Kier alpha value is -1.42. The first-order chi connectivity index (χ1) is 9.70. The molecule has 1 fully saturated rings. The van der Waals surface area contributed by atoms with Crippen molar-refractivity contribution in [2.24, 2.45) is 0 Å². The fourth-order valence-corrected chi connectivity index (χ4v) is 3.65. The van der Waals surface area contributed by atoms with Crippen LogP contribution in [0.2, 0.25) is 5.28 Å². The maximum atomic E-state index is 11.5. The van der Waals surface area contributed by atoms with Gasteiger partial charge in [-0.1, -0.05) is 26.2 Å². The van der Waals surface area contributed by atoms with Crippen molar-refractivity contribution in [3.05, 3.63) is 23.2 Å². The second kappa shape index (κ2) is 5.17. The summed E-state index contributed by atoms with van der Waals surface area (Å²) in [6.07, 6.45) is 9.47. The van der Waals surface area contributed by atoms with Gasteiger partial charge in [0.05, 0.1) is 5.69 Å². The summed E-state index contributed by atoms with van der Waals surface area (Å²) in [6.45, 7) is 2.19. The summed E-state index contributed by atoms with van der Waals surface area (Å²) in [7, 11) is 0. The van der Waals surface area contributed by atoms with Gasteiger partial charge in [0.15, 0.2) is 6.29 Å². The van der Waals surface area contributed by atoms with E-state index in [9.17, 15) is 4.79 Å². The molecule has 0 bridgehead atoms. The predicted molar refractivity (Wildman–Crippen MR) is 79.3 cm³/mol. The molecule has 1 aliphatic carbocycles. The van der Waals surface area contributed by atoms with E-state index in [-0.39, 0.29) is 10.8 Å². The Bertz CT molecular complexity index is 644. The van der Waals surface area contributed by atoms with Crippen molar-refractivity contribution in [2.45, 2.75) is 51.0 Å². The Labute approximate surface area is 123 Å². The first kappa shape index (κ1) is 13.6. The zero-order valence-corrected chi connectivity index (χ0v) is 12.4. The van der Waals surface area contributed by atoms with Crippen molar-refractivity contribution in [1.29, 1.82) is 0 Å². The zero-order chi connectivity index (χ0) is 14.2. The first-order valence-corrected chi connectivity index (χ1v) is 7.57. The van der Waals surface area contributed by atoms with Gasteiger partial charge in [0.25, 0.3) is 0 Å². The van der Waals surface area contributed by atoms with Crippen molar-refractivity contribution in [2.75, 3.05) is 0 Å². The number of fused-ring (bicyclic) bond motifs is 1. The number of nitrogens with zero attached hydrogens (tertiary/aromatic N) is 3. The molecule has 0 radical (unpaired) electrons. The van der Waals surface area contributed by atoms with Crippen molar-refractivity contribution in [3.63, 3.8) is 0 Å². The Morgan fingerprint density at radius 2 is 2.15 bits per heavy atom. The normalized spacial score (nSPS) is 18.3. The Balaban J connectivity index is 2.26. The second-order valence-electron chi connectivity index (χ2n) is 5.58. The average Bonchev–Trinajstić information content (AvgIpc) is 2.86. The highest BCUT2D eigenvalue weighted by atomic mass is 35.5. The topological polar surface area (TPSA) is 47.8 Å². The van der Waals surface area contributed by atoms with E-state index in [1.165, 1.54) is 19.3 Å². The summed E-state index contributed by atoms with van der Waals surface area (Å²) in [5, 5.41) is 1.12. The molecule has 2 heterocycles. The molecule has 0 saturated heterocycles. The van der Waals surface area contributed by atoms with Crippen molar-refractivity contribution in [3.8, 4) is 0 Å². The van der Waals surface area contributed by atoms with Gasteiger partial charge in [0.1, 0.15) is 5.65 Å². The molecule has 2 aromatic rings. The SMILES string of the molecule is CCC1(n2c(C=O)cc3cnc(Cl)nc32)CCCCC1. The maximum absolute atomic E-state index is 11.5. The minimum Gasteiger partial charge on any atom is -0.317 e. The highest BCUT2D eigenvalue weighted by Crippen LogP contribution is 2.40. The van der Waals surface area contributed by atoms with Crippen LogP contribution >= 0.6 is 11.6 Å². The monoisotopic (exact) mass is 291 g/mol. The second-order valence-corrected chi connectivity index (χ2v) is 5.92. The van der Waals surface area contributed by atoms with E-state index in [2.05, 4.69) is 21.5 Å². The van der Waals surface area contributed by atoms with Gasteiger partial charge >= 0.3 is 0 Å². The minimum absolute atomic E-state index is 0.00603. The van der Waals surface area contributed by atoms with Crippen LogP contribution in [0.5, 0.6) is 0 Å². The van der Waals surface area contributed by atoms with Crippen LogP contribution in [0.15, 0.2) is 12.3 Å². The molecule has 0 unspecified atom stereocenters. The van der Waals surface area contributed by atoms with Crippen LogP contribution in [0, 0.1) is 0 Å². The number of carbonyl (C=O) groups excluding carboxylic acids is 1. The van der Waals surface area contributed by atoms with Crippen LogP contribution in [-0.4, -0.2) is 20.8 Å². The van der Waals surface area contributed by atoms with Crippen molar-refractivity contribution < 1.29 is 4.79 Å². The van der Waals surface area contributed by atoms with E-state index >= 15 is 0 Å². The summed E-state index contributed by atoms with van der Waals surface area (Å²) in [4.78, 5) is 19.9. The summed E-state index contributed by atoms with van der Waals surface area (Å²) in [5.74, 6) is 0. The molecule has 0 aromatic carbocycles. The van der Waals surface area contributed by atoms with E-state index in [4.69, 9.17) is 11.6 Å². The fourth-order valence-electron chi connectivity index (χ4n) is 3.52. The zero-order valence-electron chi connectivity index (χ0n) is 11.6. The van der Waals surface area contributed by atoms with Crippen LogP contribution in [0.25, 0.3) is 11.0 Å². The van der Waals surface area contributed by atoms with Crippen LogP contribution in [0.4, 0.5) is 0 Å². The molecule has 0 N–H and O–H groups in total. The molecule has 4 nitrogen and oxygen atoms in total. The standard InChI is InChI=1S/C15H18ClN3O/c1-2-15(6-4-3-5-7-15)19-12(10-20)8-11-9-17-14(16)18-13(11)19/h8-10H,2-7H2,1H3. The molecule has 2 aromatic heterocycles. The molecule has 0 atom stereocenters. The van der Waals surface area contributed by atoms with Gasteiger partial charge in [-0.2, -0.15) is 4.98 Å². The highest BCUT2D eigenvalue weighted by Gasteiger charge is 2.35. The number of hydrogen-bond donors (Lipinski definition) is 0. The van der Waals surface area contributed by atoms with Gasteiger partial charge in [-0.25, -0.2) is 4.98 Å². The number of aromatic nitrogens is 3. The Morgan fingerprint density at radius 1 is 1.40 bits per heavy atom. The quantitative estimate of drug-likeness (QED) is 0.635. The Kier molecular flexibility index (Phi) is 3.50. The summed E-state index contributed by atoms with van der Waals surface area (Å²) < 4.78 is 2.11. The smallest absolute Gasteiger partial charge is 0.224 e. The van der Waals surface area contributed by atoms with E-state index in [1.54, 1.807) is 6.20 Å². The highest BCUT2D eigenvalue weighted by molar-refractivity contribution is 6.28. The molecule has 106 valence electrons. The molecule has 20 heavy (non-hydrogen) atoms. The number of rotatable bonds is 3. The van der Waals surface area contributed by atoms with Gasteiger partial charge in [0.2, 0.25) is 5.28 Å². The van der Waals surface area contributed by atoms with Crippen molar-refractivity contribution in [1.82, 2.24) is 14.5 Å². The molecule has 3 rings (SSSR count). The van der Waals surface area contributed by atoms with E-state index in [0.29, 0.717) is 5.69 Å². The average molecular weight is 292 g/mol. The lowest BCUT2D eigenvalue weighted by Crippen LogP contribution is -2.36. The third-order valence-electron chi connectivity index (χ3n) is 4.58. The van der Waals surface area contributed by atoms with Crippen molar-refractivity contribution >= 4 is 28.9 Å². The van der Waals surface area contributed by atoms with Crippen LogP contribution in [0.1, 0.15) is 55.9 Å². The lowest BCUT2D eigenvalue weighted by Gasteiger charge is -2.39.